The number of aryl methyl sites for hydroxylation is 2. The Labute approximate surface area is 116 Å². The molecule has 1 unspecified atom stereocenters. The molecule has 0 saturated carbocycles. The molecule has 1 aliphatic rings. The van der Waals surface area contributed by atoms with E-state index in [4.69, 9.17) is 15.2 Å². The van der Waals surface area contributed by atoms with Crippen LogP contribution in [0.2, 0.25) is 0 Å². The van der Waals surface area contributed by atoms with E-state index in [1.54, 1.807) is 7.11 Å². The maximum atomic E-state index is 5.80. The van der Waals surface area contributed by atoms with Gasteiger partial charge >= 0.3 is 0 Å². The molecule has 0 amide bonds. The van der Waals surface area contributed by atoms with Crippen LogP contribution < -0.4 is 10.5 Å². The van der Waals surface area contributed by atoms with Gasteiger partial charge in [0.25, 0.3) is 0 Å². The van der Waals surface area contributed by atoms with Crippen molar-refractivity contribution in [3.05, 3.63) is 28.8 Å². The first-order valence-corrected chi connectivity index (χ1v) is 6.96. The normalized spacial score (nSPS) is 18.8. The van der Waals surface area contributed by atoms with E-state index in [0.29, 0.717) is 5.92 Å². The van der Waals surface area contributed by atoms with E-state index in [9.17, 15) is 0 Å². The first kappa shape index (κ1) is 14.4. The monoisotopic (exact) mass is 263 g/mol. The lowest BCUT2D eigenvalue weighted by atomic mass is 9.70. The molecule has 0 radical (unpaired) electrons. The van der Waals surface area contributed by atoms with Crippen LogP contribution in [-0.4, -0.2) is 26.9 Å². The minimum Gasteiger partial charge on any atom is -0.496 e. The van der Waals surface area contributed by atoms with E-state index in [-0.39, 0.29) is 5.41 Å². The molecule has 2 rings (SSSR count). The van der Waals surface area contributed by atoms with Gasteiger partial charge in [0.05, 0.1) is 20.3 Å². The highest BCUT2D eigenvalue weighted by molar-refractivity contribution is 5.49. The quantitative estimate of drug-likeness (QED) is 0.888. The fourth-order valence-corrected chi connectivity index (χ4v) is 3.23. The molecule has 0 aromatic heterocycles. The van der Waals surface area contributed by atoms with Gasteiger partial charge in [-0.25, -0.2) is 0 Å². The van der Waals surface area contributed by atoms with Gasteiger partial charge in [0.15, 0.2) is 0 Å². The molecule has 0 aliphatic carbocycles. The largest absolute Gasteiger partial charge is 0.496 e. The molecule has 1 aromatic carbocycles. The number of methoxy groups -OCH3 is 1. The molecule has 1 fully saturated rings. The standard InChI is InChI=1S/C16H25NO2/c1-11-5-13(3)15(14(6-11)18-4)16(9-19-10-16)7-12(2)8-17/h5-6,12H,7-10,17H2,1-4H3. The maximum absolute atomic E-state index is 5.80. The summed E-state index contributed by atoms with van der Waals surface area (Å²) in [6.45, 7) is 8.74. The minimum absolute atomic E-state index is 0.0852. The van der Waals surface area contributed by atoms with Crippen LogP contribution in [0.3, 0.4) is 0 Å². The fourth-order valence-electron chi connectivity index (χ4n) is 3.23. The van der Waals surface area contributed by atoms with E-state index in [2.05, 4.69) is 32.9 Å². The third kappa shape index (κ3) is 2.63. The Bertz CT molecular complexity index is 452. The van der Waals surface area contributed by atoms with Crippen LogP contribution in [0.1, 0.15) is 30.0 Å². The first-order chi connectivity index (χ1) is 9.02. The Kier molecular flexibility index (Phi) is 4.16. The van der Waals surface area contributed by atoms with Crippen molar-refractivity contribution in [2.45, 2.75) is 32.6 Å². The Morgan fingerprint density at radius 2 is 2.05 bits per heavy atom. The van der Waals surface area contributed by atoms with Crippen LogP contribution in [0.4, 0.5) is 0 Å². The summed E-state index contributed by atoms with van der Waals surface area (Å²) in [5.41, 5.74) is 9.73. The lowest BCUT2D eigenvalue weighted by molar-refractivity contribution is -0.0713. The molecule has 1 aromatic rings. The second kappa shape index (κ2) is 5.51. The van der Waals surface area contributed by atoms with Crippen molar-refractivity contribution in [3.63, 3.8) is 0 Å². The Hall–Kier alpha value is -1.06. The highest BCUT2D eigenvalue weighted by atomic mass is 16.5. The van der Waals surface area contributed by atoms with Gasteiger partial charge in [-0.3, -0.25) is 0 Å². The zero-order chi connectivity index (χ0) is 14.0. The van der Waals surface area contributed by atoms with Crippen molar-refractivity contribution in [2.24, 2.45) is 11.7 Å². The maximum Gasteiger partial charge on any atom is 0.123 e. The fraction of sp³-hybridized carbons (Fsp3) is 0.625. The highest BCUT2D eigenvalue weighted by Gasteiger charge is 2.44. The van der Waals surface area contributed by atoms with Gasteiger partial charge in [0.2, 0.25) is 0 Å². The summed E-state index contributed by atoms with van der Waals surface area (Å²) in [6, 6.07) is 4.35. The van der Waals surface area contributed by atoms with Crippen molar-refractivity contribution < 1.29 is 9.47 Å². The van der Waals surface area contributed by atoms with Gasteiger partial charge in [-0.05, 0) is 49.9 Å². The lowest BCUT2D eigenvalue weighted by Gasteiger charge is -2.45. The Morgan fingerprint density at radius 1 is 1.37 bits per heavy atom. The summed E-state index contributed by atoms with van der Waals surface area (Å²) in [4.78, 5) is 0. The minimum atomic E-state index is 0.0852. The van der Waals surface area contributed by atoms with Gasteiger partial charge in [-0.1, -0.05) is 13.0 Å². The van der Waals surface area contributed by atoms with Gasteiger partial charge in [0.1, 0.15) is 5.75 Å². The smallest absolute Gasteiger partial charge is 0.123 e. The molecule has 1 heterocycles. The average molecular weight is 263 g/mol. The summed E-state index contributed by atoms with van der Waals surface area (Å²) in [5, 5.41) is 0. The van der Waals surface area contributed by atoms with Crippen LogP contribution in [-0.2, 0) is 10.2 Å². The van der Waals surface area contributed by atoms with Crippen LogP contribution in [0.15, 0.2) is 12.1 Å². The van der Waals surface area contributed by atoms with E-state index in [0.717, 1.165) is 31.9 Å². The third-order valence-electron chi connectivity index (χ3n) is 4.09. The molecule has 0 spiro atoms. The number of hydrogen-bond acceptors (Lipinski definition) is 3. The molecule has 106 valence electrons. The zero-order valence-electron chi connectivity index (χ0n) is 12.5. The summed E-state index contributed by atoms with van der Waals surface area (Å²) in [5.74, 6) is 1.49. The van der Waals surface area contributed by atoms with E-state index < -0.39 is 0 Å². The Morgan fingerprint density at radius 3 is 2.53 bits per heavy atom. The second-order valence-electron chi connectivity index (χ2n) is 5.98. The average Bonchev–Trinajstić information content (AvgIpc) is 2.33. The molecule has 0 bridgehead atoms. The molecule has 19 heavy (non-hydrogen) atoms. The van der Waals surface area contributed by atoms with Crippen molar-refractivity contribution in [1.29, 1.82) is 0 Å². The van der Waals surface area contributed by atoms with Crippen LogP contribution in [0, 0.1) is 19.8 Å². The number of nitrogens with two attached hydrogens (primary N) is 1. The molecule has 3 heteroatoms. The number of benzene rings is 1. The molecule has 1 saturated heterocycles. The van der Waals surface area contributed by atoms with Crippen LogP contribution >= 0.6 is 0 Å². The van der Waals surface area contributed by atoms with E-state index >= 15 is 0 Å². The highest BCUT2D eigenvalue weighted by Crippen LogP contribution is 2.44. The SMILES string of the molecule is COc1cc(C)cc(C)c1C1(CC(C)CN)COC1. The molecular weight excluding hydrogens is 238 g/mol. The molecule has 1 aliphatic heterocycles. The lowest BCUT2D eigenvalue weighted by Crippen LogP contribution is -2.49. The molecule has 1 atom stereocenters. The summed E-state index contributed by atoms with van der Waals surface area (Å²) < 4.78 is 11.1. The first-order valence-electron chi connectivity index (χ1n) is 6.96. The zero-order valence-corrected chi connectivity index (χ0v) is 12.5. The number of ether oxygens (including phenoxy) is 2. The second-order valence-corrected chi connectivity index (χ2v) is 5.98. The molecule has 3 nitrogen and oxygen atoms in total. The van der Waals surface area contributed by atoms with Gasteiger partial charge in [0, 0.05) is 11.0 Å². The number of rotatable bonds is 5. The topological polar surface area (TPSA) is 44.5 Å². The molecule has 2 N–H and O–H groups in total. The summed E-state index contributed by atoms with van der Waals surface area (Å²) >= 11 is 0. The predicted octanol–water partition coefficient (Wildman–Crippen LogP) is 2.56. The van der Waals surface area contributed by atoms with Crippen molar-refractivity contribution in [2.75, 3.05) is 26.9 Å². The van der Waals surface area contributed by atoms with Crippen LogP contribution in [0.5, 0.6) is 5.75 Å². The van der Waals surface area contributed by atoms with Gasteiger partial charge in [-0.15, -0.1) is 0 Å². The van der Waals surface area contributed by atoms with Crippen molar-refractivity contribution >= 4 is 0 Å². The van der Waals surface area contributed by atoms with Crippen LogP contribution in [0.25, 0.3) is 0 Å². The van der Waals surface area contributed by atoms with Gasteiger partial charge < -0.3 is 15.2 Å². The molecular formula is C16H25NO2. The number of hydrogen-bond donors (Lipinski definition) is 1. The predicted molar refractivity (Wildman–Crippen MR) is 77.8 cm³/mol. The Balaban J connectivity index is 2.43. The van der Waals surface area contributed by atoms with Crippen molar-refractivity contribution in [1.82, 2.24) is 0 Å². The van der Waals surface area contributed by atoms with Gasteiger partial charge in [-0.2, -0.15) is 0 Å². The summed E-state index contributed by atoms with van der Waals surface area (Å²) in [7, 11) is 1.75. The third-order valence-corrected chi connectivity index (χ3v) is 4.09. The van der Waals surface area contributed by atoms with E-state index in [1.165, 1.54) is 16.7 Å². The van der Waals surface area contributed by atoms with Crippen molar-refractivity contribution in [3.8, 4) is 5.75 Å². The van der Waals surface area contributed by atoms with E-state index in [1.807, 2.05) is 0 Å². The summed E-state index contributed by atoms with van der Waals surface area (Å²) in [6.07, 6.45) is 1.06.